The highest BCUT2D eigenvalue weighted by molar-refractivity contribution is 6.03. The molecule has 2 aliphatic heterocycles. The molecule has 0 spiro atoms. The van der Waals surface area contributed by atoms with Crippen molar-refractivity contribution >= 4 is 17.6 Å². The van der Waals surface area contributed by atoms with Crippen molar-refractivity contribution in [1.29, 1.82) is 0 Å². The fraction of sp³-hybridized carbons (Fsp3) is 0.286. The Balaban J connectivity index is 1.29. The summed E-state index contributed by atoms with van der Waals surface area (Å²) >= 11 is 0. The van der Waals surface area contributed by atoms with Crippen LogP contribution in [0.3, 0.4) is 0 Å². The lowest BCUT2D eigenvalue weighted by molar-refractivity contribution is 0.130. The van der Waals surface area contributed by atoms with Crippen molar-refractivity contribution in [1.82, 2.24) is 14.7 Å². The van der Waals surface area contributed by atoms with Crippen LogP contribution in [0, 0.1) is 0 Å². The van der Waals surface area contributed by atoms with Crippen LogP contribution >= 0.6 is 0 Å². The highest BCUT2D eigenvalue weighted by Crippen LogP contribution is 2.38. The number of para-hydroxylation sites is 3. The summed E-state index contributed by atoms with van der Waals surface area (Å²) in [4.78, 5) is 24.0. The molecule has 0 aromatic heterocycles. The molecular weight excluding hydrogens is 440 g/mol. The lowest BCUT2D eigenvalue weighted by Gasteiger charge is -2.36. The first-order valence-electron chi connectivity index (χ1n) is 11.9. The number of carbonyl (C=O) groups excluding carboxylic acids is 1. The van der Waals surface area contributed by atoms with Gasteiger partial charge in [0.05, 0.1) is 5.56 Å². The number of hydrogen-bond donors (Lipinski definition) is 0. The van der Waals surface area contributed by atoms with Crippen molar-refractivity contribution in [2.45, 2.75) is 13.0 Å². The maximum atomic E-state index is 12.9. The van der Waals surface area contributed by atoms with Gasteiger partial charge in [-0.05, 0) is 63.0 Å². The first-order valence-corrected chi connectivity index (χ1v) is 11.9. The molecule has 1 saturated heterocycles. The zero-order valence-electron chi connectivity index (χ0n) is 20.3. The average Bonchev–Trinajstić information content (AvgIpc) is 3.05. The van der Waals surface area contributed by atoms with Gasteiger partial charge in [0, 0.05) is 32.2 Å². The lowest BCUT2D eigenvalue weighted by Crippen LogP contribution is -2.51. The van der Waals surface area contributed by atoms with Crippen molar-refractivity contribution in [2.24, 2.45) is 4.99 Å². The van der Waals surface area contributed by atoms with Gasteiger partial charge in [-0.3, -0.25) is 0 Å². The summed E-state index contributed by atoms with van der Waals surface area (Å²) in [6.45, 7) is 4.54. The van der Waals surface area contributed by atoms with Crippen molar-refractivity contribution in [3.05, 3.63) is 83.9 Å². The summed E-state index contributed by atoms with van der Waals surface area (Å²) in [5, 5.41) is 0. The smallest absolute Gasteiger partial charge is 0.415 e. The molecule has 1 amide bonds. The summed E-state index contributed by atoms with van der Waals surface area (Å²) in [5.74, 6) is 2.95. The van der Waals surface area contributed by atoms with Crippen molar-refractivity contribution in [2.75, 3.05) is 40.3 Å². The van der Waals surface area contributed by atoms with Crippen LogP contribution in [-0.2, 0) is 0 Å². The van der Waals surface area contributed by atoms with Gasteiger partial charge < -0.3 is 24.2 Å². The van der Waals surface area contributed by atoms with Gasteiger partial charge >= 0.3 is 6.09 Å². The molecule has 0 aliphatic carbocycles. The maximum absolute atomic E-state index is 12.9. The Morgan fingerprint density at radius 2 is 1.66 bits per heavy atom. The normalized spacial score (nSPS) is 15.9. The van der Waals surface area contributed by atoms with Gasteiger partial charge in [0.2, 0.25) is 0 Å². The quantitative estimate of drug-likeness (QED) is 0.519. The minimum absolute atomic E-state index is 0.231. The van der Waals surface area contributed by atoms with E-state index in [0.717, 1.165) is 34.1 Å². The lowest BCUT2D eigenvalue weighted by atomic mass is 10.1. The van der Waals surface area contributed by atoms with Crippen LogP contribution < -0.4 is 9.47 Å². The van der Waals surface area contributed by atoms with E-state index in [2.05, 4.69) is 16.7 Å². The number of nitrogens with zero attached hydrogens (tertiary/aromatic N) is 4. The van der Waals surface area contributed by atoms with E-state index in [-0.39, 0.29) is 12.1 Å². The van der Waals surface area contributed by atoms with Gasteiger partial charge in [0.25, 0.3) is 0 Å². The number of carbonyl (C=O) groups is 1. The predicted octanol–water partition coefficient (Wildman–Crippen LogP) is 5.31. The molecule has 7 nitrogen and oxygen atoms in total. The summed E-state index contributed by atoms with van der Waals surface area (Å²) in [5.41, 5.74) is 2.86. The van der Waals surface area contributed by atoms with Crippen molar-refractivity contribution in [3.8, 4) is 17.2 Å². The molecule has 1 unspecified atom stereocenters. The highest BCUT2D eigenvalue weighted by Gasteiger charge is 2.28. The number of ether oxygens (including phenoxy) is 2. The second-order valence-electron chi connectivity index (χ2n) is 9.06. The average molecular weight is 471 g/mol. The molecule has 5 rings (SSSR count). The van der Waals surface area contributed by atoms with Crippen LogP contribution in [0.2, 0.25) is 0 Å². The van der Waals surface area contributed by atoms with Gasteiger partial charge in [-0.25, -0.2) is 9.79 Å². The zero-order valence-corrected chi connectivity index (χ0v) is 20.3. The highest BCUT2D eigenvalue weighted by atomic mass is 16.6. The number of fused-ring (bicyclic) bond motifs is 2. The van der Waals surface area contributed by atoms with Crippen molar-refractivity contribution in [3.63, 3.8) is 0 Å². The molecule has 0 saturated carbocycles. The number of hydrogen-bond acceptors (Lipinski definition) is 6. The Morgan fingerprint density at radius 1 is 0.943 bits per heavy atom. The molecule has 3 aromatic carbocycles. The van der Waals surface area contributed by atoms with Crippen LogP contribution in [0.1, 0.15) is 24.1 Å². The van der Waals surface area contributed by atoms with E-state index < -0.39 is 0 Å². The molecule has 0 N–H and O–H groups in total. The maximum Gasteiger partial charge on any atom is 0.415 e. The Hall–Kier alpha value is -3.84. The topological polar surface area (TPSA) is 57.6 Å². The molecule has 2 aliphatic rings. The number of rotatable bonds is 3. The number of benzene rings is 3. The fourth-order valence-electron chi connectivity index (χ4n) is 4.31. The molecule has 2 heterocycles. The Labute approximate surface area is 206 Å². The number of aliphatic imine (C=N–C) groups is 1. The van der Waals surface area contributed by atoms with E-state index in [9.17, 15) is 4.79 Å². The summed E-state index contributed by atoms with van der Waals surface area (Å²) in [6.07, 6.45) is -0.323. The van der Waals surface area contributed by atoms with Crippen molar-refractivity contribution < 1.29 is 14.3 Å². The van der Waals surface area contributed by atoms with Crippen LogP contribution in [0.25, 0.3) is 0 Å². The van der Waals surface area contributed by atoms with E-state index in [0.29, 0.717) is 31.9 Å². The molecule has 3 aromatic rings. The summed E-state index contributed by atoms with van der Waals surface area (Å²) in [6, 6.07) is 23.7. The molecular formula is C28H30N4O3. The Kier molecular flexibility index (Phi) is 6.42. The minimum Gasteiger partial charge on any atom is -0.454 e. The molecule has 180 valence electrons. The van der Waals surface area contributed by atoms with Crippen LogP contribution in [0.5, 0.6) is 17.2 Å². The first kappa shape index (κ1) is 22.9. The minimum atomic E-state index is -0.323. The standard InChI is InChI=1S/C28H30N4O3/c1-20(30(2)3)21-9-8-10-22(19-21)34-28(33)32-17-15-31(16-18-32)27-23-11-4-6-13-25(23)35-26-14-7-5-12-24(26)29-27/h4-14,19-20H,15-18H2,1-3H3. The third kappa shape index (κ3) is 4.86. The van der Waals surface area contributed by atoms with E-state index in [4.69, 9.17) is 14.5 Å². The number of piperazine rings is 1. The molecule has 1 atom stereocenters. The molecule has 35 heavy (non-hydrogen) atoms. The Morgan fingerprint density at radius 3 is 2.43 bits per heavy atom. The predicted molar refractivity (Wildman–Crippen MR) is 137 cm³/mol. The molecule has 0 radical (unpaired) electrons. The van der Waals surface area contributed by atoms with Gasteiger partial charge in [0.1, 0.15) is 23.0 Å². The first-order chi connectivity index (χ1) is 17.0. The summed E-state index contributed by atoms with van der Waals surface area (Å²) < 4.78 is 11.9. The second-order valence-corrected chi connectivity index (χ2v) is 9.06. The van der Waals surface area contributed by atoms with E-state index in [1.807, 2.05) is 86.9 Å². The SMILES string of the molecule is CC(c1cccc(OC(=O)N2CCN(C3=Nc4ccccc4Oc4ccccc43)CC2)c1)N(C)C. The van der Waals surface area contributed by atoms with Gasteiger partial charge in [-0.15, -0.1) is 0 Å². The number of amides is 1. The van der Waals surface area contributed by atoms with Crippen LogP contribution in [0.15, 0.2) is 77.8 Å². The third-order valence-corrected chi connectivity index (χ3v) is 6.60. The third-order valence-electron chi connectivity index (χ3n) is 6.60. The largest absolute Gasteiger partial charge is 0.454 e. The monoisotopic (exact) mass is 470 g/mol. The van der Waals surface area contributed by atoms with Crippen LogP contribution in [0.4, 0.5) is 10.5 Å². The fourth-order valence-corrected chi connectivity index (χ4v) is 4.31. The van der Waals surface area contributed by atoms with Gasteiger partial charge in [0.15, 0.2) is 5.75 Å². The second kappa shape index (κ2) is 9.80. The van der Waals surface area contributed by atoms with Gasteiger partial charge in [-0.2, -0.15) is 0 Å². The number of amidine groups is 1. The van der Waals surface area contributed by atoms with E-state index in [1.54, 1.807) is 4.90 Å². The zero-order chi connectivity index (χ0) is 24.4. The van der Waals surface area contributed by atoms with Crippen LogP contribution in [-0.4, -0.2) is 66.9 Å². The Bertz CT molecular complexity index is 1250. The molecule has 7 heteroatoms. The molecule has 1 fully saturated rings. The molecule has 0 bridgehead atoms. The van der Waals surface area contributed by atoms with Gasteiger partial charge in [-0.1, -0.05) is 36.4 Å². The summed E-state index contributed by atoms with van der Waals surface area (Å²) in [7, 11) is 4.06. The van der Waals surface area contributed by atoms with E-state index >= 15 is 0 Å². The van der Waals surface area contributed by atoms with E-state index in [1.165, 1.54) is 0 Å².